The van der Waals surface area contributed by atoms with E-state index in [4.69, 9.17) is 17.0 Å². The molecule has 0 unspecified atom stereocenters. The molecule has 0 spiro atoms. The van der Waals surface area contributed by atoms with Crippen LogP contribution < -0.4 is 14.8 Å². The van der Waals surface area contributed by atoms with Gasteiger partial charge in [-0.15, -0.1) is 0 Å². The van der Waals surface area contributed by atoms with Crippen molar-refractivity contribution in [3.8, 4) is 5.88 Å². The summed E-state index contributed by atoms with van der Waals surface area (Å²) in [6, 6.07) is 6.84. The van der Waals surface area contributed by atoms with E-state index in [2.05, 4.69) is 15.3 Å². The number of rotatable bonds is 6. The Morgan fingerprint density at radius 3 is 2.52 bits per heavy atom. The first kappa shape index (κ1) is 20.7. The number of amides is 2. The molecule has 10 heteroatoms. The topological polar surface area (TPSA) is 110 Å². The lowest BCUT2D eigenvalue weighted by atomic mass is 10.0. The average molecular weight is 409 g/mol. The zero-order valence-corrected chi connectivity index (χ0v) is 16.9. The van der Waals surface area contributed by atoms with E-state index in [1.165, 1.54) is 13.2 Å². The Morgan fingerprint density at radius 1 is 1.22 bits per heavy atom. The lowest BCUT2D eigenvalue weighted by Crippen LogP contribution is -2.35. The van der Waals surface area contributed by atoms with Crippen LogP contribution in [0.5, 0.6) is 5.88 Å². The van der Waals surface area contributed by atoms with Crippen molar-refractivity contribution < 1.29 is 17.9 Å². The molecule has 0 aliphatic heterocycles. The van der Waals surface area contributed by atoms with Crippen molar-refractivity contribution >= 4 is 39.1 Å². The minimum absolute atomic E-state index is 0.0293. The maximum Gasteiger partial charge on any atom is 0.335 e. The number of thiocarbonyl (C=S) groups is 1. The number of aromatic nitrogens is 2. The molecule has 0 bridgehead atoms. The Labute approximate surface area is 163 Å². The number of aryl methyl sites for hydroxylation is 1. The van der Waals surface area contributed by atoms with Crippen LogP contribution in [0, 0.1) is 12.8 Å². The van der Waals surface area contributed by atoms with E-state index in [0.717, 1.165) is 0 Å². The molecule has 1 heterocycles. The summed E-state index contributed by atoms with van der Waals surface area (Å²) in [6.45, 7) is 5.43. The zero-order chi connectivity index (χ0) is 20.2. The van der Waals surface area contributed by atoms with E-state index in [1.807, 2.05) is 18.6 Å². The van der Waals surface area contributed by atoms with Gasteiger partial charge in [0.05, 0.1) is 12.0 Å². The summed E-state index contributed by atoms with van der Waals surface area (Å²) in [7, 11) is -2.73. The standard InChI is InChI=1S/C17H20N4O4S2/c1-10(2)15(26)12-7-5-6-8-13(12)27(23,24)21-17(22)20-16-18-11(3)9-14(19-16)25-4/h5-10H,1-4H3,(H2,18,19,20,21,22). The Bertz CT molecular complexity index is 975. The molecule has 0 saturated heterocycles. The van der Waals surface area contributed by atoms with Crippen LogP contribution >= 0.6 is 12.2 Å². The molecule has 0 aliphatic rings. The third kappa shape index (κ3) is 5.20. The van der Waals surface area contributed by atoms with Gasteiger partial charge in [0.1, 0.15) is 0 Å². The maximum absolute atomic E-state index is 12.7. The number of carbonyl (C=O) groups excluding carboxylic acids is 1. The van der Waals surface area contributed by atoms with Crippen molar-refractivity contribution in [1.82, 2.24) is 14.7 Å². The molecule has 144 valence electrons. The van der Waals surface area contributed by atoms with Crippen LogP contribution in [0.2, 0.25) is 0 Å². The van der Waals surface area contributed by atoms with Crippen LogP contribution in [-0.4, -0.2) is 36.4 Å². The second-order valence-electron chi connectivity index (χ2n) is 5.95. The maximum atomic E-state index is 12.7. The van der Waals surface area contributed by atoms with Gasteiger partial charge in [-0.2, -0.15) is 4.98 Å². The highest BCUT2D eigenvalue weighted by Gasteiger charge is 2.24. The number of methoxy groups -OCH3 is 1. The predicted octanol–water partition coefficient (Wildman–Crippen LogP) is 2.68. The van der Waals surface area contributed by atoms with Crippen molar-refractivity contribution in [2.75, 3.05) is 12.4 Å². The van der Waals surface area contributed by atoms with Gasteiger partial charge in [-0.25, -0.2) is 22.9 Å². The van der Waals surface area contributed by atoms with Crippen molar-refractivity contribution in [3.63, 3.8) is 0 Å². The van der Waals surface area contributed by atoms with E-state index < -0.39 is 16.1 Å². The molecule has 2 amide bonds. The zero-order valence-electron chi connectivity index (χ0n) is 15.3. The minimum atomic E-state index is -4.15. The Hall–Kier alpha value is -2.59. The van der Waals surface area contributed by atoms with Gasteiger partial charge in [0.25, 0.3) is 10.0 Å². The van der Waals surface area contributed by atoms with Gasteiger partial charge < -0.3 is 4.74 Å². The number of anilines is 1. The van der Waals surface area contributed by atoms with Crippen LogP contribution in [-0.2, 0) is 10.0 Å². The summed E-state index contributed by atoms with van der Waals surface area (Å²) in [5.74, 6) is 0.136. The van der Waals surface area contributed by atoms with Crippen molar-refractivity contribution in [2.24, 2.45) is 5.92 Å². The van der Waals surface area contributed by atoms with E-state index >= 15 is 0 Å². The molecular weight excluding hydrogens is 388 g/mol. The SMILES string of the molecule is COc1cc(C)nc(NC(=O)NS(=O)(=O)c2ccccc2C(=S)C(C)C)n1. The van der Waals surface area contributed by atoms with Crippen molar-refractivity contribution in [2.45, 2.75) is 25.7 Å². The number of urea groups is 1. The summed E-state index contributed by atoms with van der Waals surface area (Å²) in [5, 5.41) is 2.29. The van der Waals surface area contributed by atoms with Crippen molar-refractivity contribution in [3.05, 3.63) is 41.6 Å². The summed E-state index contributed by atoms with van der Waals surface area (Å²) in [6.07, 6.45) is 0. The fourth-order valence-electron chi connectivity index (χ4n) is 2.22. The summed E-state index contributed by atoms with van der Waals surface area (Å²) in [5.41, 5.74) is 0.934. The highest BCUT2D eigenvalue weighted by molar-refractivity contribution is 7.90. The molecule has 0 saturated carbocycles. The fraction of sp³-hybridized carbons (Fsp3) is 0.294. The normalized spacial score (nSPS) is 11.1. The average Bonchev–Trinajstić information content (AvgIpc) is 2.59. The van der Waals surface area contributed by atoms with Crippen LogP contribution in [0.15, 0.2) is 35.2 Å². The van der Waals surface area contributed by atoms with E-state index in [9.17, 15) is 13.2 Å². The molecule has 27 heavy (non-hydrogen) atoms. The minimum Gasteiger partial charge on any atom is -0.481 e. The van der Waals surface area contributed by atoms with Crippen LogP contribution in [0.25, 0.3) is 0 Å². The van der Waals surface area contributed by atoms with Gasteiger partial charge in [0.2, 0.25) is 11.8 Å². The highest BCUT2D eigenvalue weighted by atomic mass is 32.2. The van der Waals surface area contributed by atoms with Gasteiger partial charge >= 0.3 is 6.03 Å². The van der Waals surface area contributed by atoms with Gasteiger partial charge in [0.15, 0.2) is 0 Å². The van der Waals surface area contributed by atoms with Crippen molar-refractivity contribution in [1.29, 1.82) is 0 Å². The molecule has 0 atom stereocenters. The van der Waals surface area contributed by atoms with E-state index in [-0.39, 0.29) is 22.6 Å². The molecule has 0 fully saturated rings. The number of ether oxygens (including phenoxy) is 1. The summed E-state index contributed by atoms with van der Waals surface area (Å²) < 4.78 is 32.3. The molecule has 2 rings (SSSR count). The molecule has 2 aromatic rings. The van der Waals surface area contributed by atoms with Gasteiger partial charge in [-0.1, -0.05) is 44.3 Å². The second kappa shape index (κ2) is 8.40. The number of nitrogens with one attached hydrogen (secondary N) is 2. The molecule has 8 nitrogen and oxygen atoms in total. The Kier molecular flexibility index (Phi) is 6.45. The van der Waals surface area contributed by atoms with Gasteiger partial charge in [-0.05, 0) is 18.9 Å². The molecule has 0 radical (unpaired) electrons. The third-order valence-electron chi connectivity index (χ3n) is 3.46. The number of carbonyl (C=O) groups is 1. The monoisotopic (exact) mass is 408 g/mol. The number of hydrogen-bond donors (Lipinski definition) is 2. The summed E-state index contributed by atoms with van der Waals surface area (Å²) >= 11 is 5.33. The first-order valence-corrected chi connectivity index (χ1v) is 9.90. The second-order valence-corrected chi connectivity index (χ2v) is 8.04. The van der Waals surface area contributed by atoms with Crippen LogP contribution in [0.1, 0.15) is 25.1 Å². The number of nitrogens with zero attached hydrogens (tertiary/aromatic N) is 2. The van der Waals surface area contributed by atoms with E-state index in [1.54, 1.807) is 31.2 Å². The molecule has 1 aromatic heterocycles. The molecule has 0 aliphatic carbocycles. The molecule has 2 N–H and O–H groups in total. The first-order chi connectivity index (χ1) is 12.6. The van der Waals surface area contributed by atoms with Gasteiger partial charge in [0, 0.05) is 22.2 Å². The van der Waals surface area contributed by atoms with Gasteiger partial charge in [-0.3, -0.25) is 5.32 Å². The largest absolute Gasteiger partial charge is 0.481 e. The lowest BCUT2D eigenvalue weighted by molar-refractivity contribution is 0.256. The summed E-state index contributed by atoms with van der Waals surface area (Å²) in [4.78, 5) is 20.6. The van der Waals surface area contributed by atoms with Crippen LogP contribution in [0.3, 0.4) is 0 Å². The van der Waals surface area contributed by atoms with Crippen LogP contribution in [0.4, 0.5) is 10.7 Å². The highest BCUT2D eigenvalue weighted by Crippen LogP contribution is 2.20. The third-order valence-corrected chi connectivity index (χ3v) is 5.54. The first-order valence-electron chi connectivity index (χ1n) is 8.00. The lowest BCUT2D eigenvalue weighted by Gasteiger charge is -2.14. The molecular formula is C17H20N4O4S2. The Balaban J connectivity index is 2.26. The number of hydrogen-bond acceptors (Lipinski definition) is 7. The predicted molar refractivity (Wildman–Crippen MR) is 106 cm³/mol. The smallest absolute Gasteiger partial charge is 0.335 e. The number of sulfonamides is 1. The Morgan fingerprint density at radius 2 is 1.89 bits per heavy atom. The van der Waals surface area contributed by atoms with E-state index in [0.29, 0.717) is 16.1 Å². The quantitative estimate of drug-likeness (QED) is 0.558. The fourth-order valence-corrected chi connectivity index (χ4v) is 3.59. The number of benzene rings is 1. The molecule has 1 aromatic carbocycles.